The molecule has 1 atom stereocenters. The van der Waals surface area contributed by atoms with Gasteiger partial charge in [0.2, 0.25) is 0 Å². The van der Waals surface area contributed by atoms with Gasteiger partial charge < -0.3 is 0 Å². The van der Waals surface area contributed by atoms with Crippen LogP contribution in [0.3, 0.4) is 0 Å². The van der Waals surface area contributed by atoms with Crippen LogP contribution in [-0.2, 0) is 4.79 Å². The fraction of sp³-hybridized carbons (Fsp3) is 0.211. The molecular formula is C19H17ClN2O2S. The molecule has 6 heteroatoms. The van der Waals surface area contributed by atoms with Crippen LogP contribution in [0.4, 0.5) is 0 Å². The van der Waals surface area contributed by atoms with E-state index in [1.807, 2.05) is 32.0 Å². The molecule has 0 N–H and O–H groups in total. The average Bonchev–Trinajstić information content (AvgIpc) is 2.58. The lowest BCUT2D eigenvalue weighted by molar-refractivity contribution is -0.116. The van der Waals surface area contributed by atoms with E-state index in [9.17, 15) is 9.59 Å². The molecule has 25 heavy (non-hydrogen) atoms. The van der Waals surface area contributed by atoms with Gasteiger partial charge in [0.05, 0.1) is 21.8 Å². The fourth-order valence-electron chi connectivity index (χ4n) is 2.48. The largest absolute Gasteiger partial charge is 0.299 e. The van der Waals surface area contributed by atoms with E-state index in [4.69, 9.17) is 11.6 Å². The maximum Gasteiger partial charge on any atom is 0.266 e. The Hall–Kier alpha value is -2.11. The van der Waals surface area contributed by atoms with Crippen molar-refractivity contribution in [3.8, 4) is 5.69 Å². The number of halogens is 1. The van der Waals surface area contributed by atoms with Gasteiger partial charge in [-0.25, -0.2) is 4.98 Å². The summed E-state index contributed by atoms with van der Waals surface area (Å²) in [7, 11) is 0. The molecule has 128 valence electrons. The third kappa shape index (κ3) is 3.34. The van der Waals surface area contributed by atoms with Gasteiger partial charge in [-0.2, -0.15) is 0 Å². The predicted octanol–water partition coefficient (Wildman–Crippen LogP) is 4.42. The van der Waals surface area contributed by atoms with Crippen LogP contribution in [-0.4, -0.2) is 20.6 Å². The molecule has 0 saturated carbocycles. The number of ketones is 1. The number of thioether (sulfide) groups is 1. The molecule has 0 aliphatic carbocycles. The quantitative estimate of drug-likeness (QED) is 0.502. The zero-order valence-corrected chi connectivity index (χ0v) is 15.7. The summed E-state index contributed by atoms with van der Waals surface area (Å²) in [5, 5.41) is 1.28. The number of fused-ring (bicyclic) bond motifs is 1. The van der Waals surface area contributed by atoms with Crippen molar-refractivity contribution in [1.29, 1.82) is 0 Å². The molecule has 1 aromatic heterocycles. The topological polar surface area (TPSA) is 52.0 Å². The van der Waals surface area contributed by atoms with E-state index in [0.29, 0.717) is 26.8 Å². The van der Waals surface area contributed by atoms with Gasteiger partial charge in [0, 0.05) is 5.02 Å². The Bertz CT molecular complexity index is 1030. The van der Waals surface area contributed by atoms with Gasteiger partial charge >= 0.3 is 0 Å². The summed E-state index contributed by atoms with van der Waals surface area (Å²) >= 11 is 7.52. The van der Waals surface area contributed by atoms with Crippen molar-refractivity contribution < 1.29 is 4.79 Å². The fourth-order valence-corrected chi connectivity index (χ4v) is 3.57. The molecule has 0 radical (unpaired) electrons. The average molecular weight is 373 g/mol. The number of para-hydroxylation sites is 1. The first kappa shape index (κ1) is 17.7. The van der Waals surface area contributed by atoms with Crippen LogP contribution < -0.4 is 5.56 Å². The van der Waals surface area contributed by atoms with Crippen LogP contribution in [0.15, 0.2) is 52.4 Å². The zero-order valence-electron chi connectivity index (χ0n) is 14.1. The van der Waals surface area contributed by atoms with Gasteiger partial charge in [0.15, 0.2) is 5.16 Å². The molecule has 1 unspecified atom stereocenters. The van der Waals surface area contributed by atoms with Gasteiger partial charge in [-0.15, -0.1) is 0 Å². The molecule has 3 rings (SSSR count). The van der Waals surface area contributed by atoms with E-state index >= 15 is 0 Å². The van der Waals surface area contributed by atoms with Crippen LogP contribution in [0, 0.1) is 6.92 Å². The molecule has 0 amide bonds. The monoisotopic (exact) mass is 372 g/mol. The lowest BCUT2D eigenvalue weighted by atomic mass is 10.2. The Morgan fingerprint density at radius 2 is 1.92 bits per heavy atom. The Balaban J connectivity index is 2.34. The standard InChI is InChI=1S/C19H17ClN2O2S/c1-11-15(20)8-6-10-17(11)22-18(24)14-7-4-5-9-16(14)21-19(22)25-13(3)12(2)23/h4-10,13H,1-3H3. The molecule has 4 nitrogen and oxygen atoms in total. The summed E-state index contributed by atoms with van der Waals surface area (Å²) in [6, 6.07) is 12.6. The second-order valence-corrected chi connectivity index (χ2v) is 7.52. The maximum atomic E-state index is 13.1. The first-order valence-electron chi connectivity index (χ1n) is 7.84. The zero-order chi connectivity index (χ0) is 18.1. The number of carbonyl (C=O) groups is 1. The first-order chi connectivity index (χ1) is 11.9. The highest BCUT2D eigenvalue weighted by Crippen LogP contribution is 2.28. The highest BCUT2D eigenvalue weighted by molar-refractivity contribution is 8.00. The SMILES string of the molecule is CC(=O)C(C)Sc1nc2ccccc2c(=O)n1-c1cccc(Cl)c1C. The minimum atomic E-state index is -0.307. The molecule has 1 heterocycles. The van der Waals surface area contributed by atoms with Crippen LogP contribution in [0.25, 0.3) is 16.6 Å². The molecule has 0 spiro atoms. The molecule has 0 aliphatic heterocycles. The molecule has 0 saturated heterocycles. The molecule has 0 aliphatic rings. The van der Waals surface area contributed by atoms with Crippen molar-refractivity contribution in [2.75, 3.05) is 0 Å². The summed E-state index contributed by atoms with van der Waals surface area (Å²) in [5.74, 6) is 0.0294. The van der Waals surface area contributed by atoms with E-state index in [-0.39, 0.29) is 16.6 Å². The number of rotatable bonds is 4. The lowest BCUT2D eigenvalue weighted by Crippen LogP contribution is -2.24. The molecule has 3 aromatic rings. The molecule has 0 bridgehead atoms. The van der Waals surface area contributed by atoms with E-state index in [0.717, 1.165) is 5.56 Å². The third-order valence-electron chi connectivity index (χ3n) is 4.08. The molecule has 2 aromatic carbocycles. The van der Waals surface area contributed by atoms with Gasteiger partial charge in [0.25, 0.3) is 5.56 Å². The smallest absolute Gasteiger partial charge is 0.266 e. The summed E-state index contributed by atoms with van der Waals surface area (Å²) < 4.78 is 1.55. The van der Waals surface area contributed by atoms with E-state index in [1.54, 1.807) is 28.8 Å². The summed E-state index contributed by atoms with van der Waals surface area (Å²) in [5.41, 5.74) is 1.91. The number of hydrogen-bond acceptors (Lipinski definition) is 4. The van der Waals surface area contributed by atoms with Crippen LogP contribution in [0.2, 0.25) is 5.02 Å². The summed E-state index contributed by atoms with van der Waals surface area (Å²) in [6.07, 6.45) is 0. The number of carbonyl (C=O) groups excluding carboxylic acids is 1. The Labute approximate surface area is 154 Å². The van der Waals surface area contributed by atoms with Crippen molar-refractivity contribution >= 4 is 40.0 Å². The van der Waals surface area contributed by atoms with Crippen molar-refractivity contribution in [1.82, 2.24) is 9.55 Å². The van der Waals surface area contributed by atoms with Gasteiger partial charge in [-0.3, -0.25) is 14.2 Å². The van der Waals surface area contributed by atoms with Crippen LogP contribution in [0.1, 0.15) is 19.4 Å². The number of nitrogens with zero attached hydrogens (tertiary/aromatic N) is 2. The van der Waals surface area contributed by atoms with E-state index in [2.05, 4.69) is 4.98 Å². The Morgan fingerprint density at radius 3 is 2.64 bits per heavy atom. The molecule has 0 fully saturated rings. The first-order valence-corrected chi connectivity index (χ1v) is 9.10. The Morgan fingerprint density at radius 1 is 1.20 bits per heavy atom. The highest BCUT2D eigenvalue weighted by atomic mass is 35.5. The van der Waals surface area contributed by atoms with Crippen molar-refractivity contribution in [3.05, 3.63) is 63.4 Å². The minimum Gasteiger partial charge on any atom is -0.299 e. The van der Waals surface area contributed by atoms with E-state index in [1.165, 1.54) is 18.7 Å². The number of hydrogen-bond donors (Lipinski definition) is 0. The number of Topliss-reactive ketones (excluding diaryl/α,β-unsaturated/α-hetero) is 1. The Kier molecular flexibility index (Phi) is 4.97. The third-order valence-corrected chi connectivity index (χ3v) is 5.66. The van der Waals surface area contributed by atoms with E-state index < -0.39 is 0 Å². The normalized spacial score (nSPS) is 12.3. The minimum absolute atomic E-state index is 0.0294. The number of benzene rings is 2. The van der Waals surface area contributed by atoms with Crippen molar-refractivity contribution in [3.63, 3.8) is 0 Å². The second-order valence-electron chi connectivity index (χ2n) is 5.81. The summed E-state index contributed by atoms with van der Waals surface area (Å²) in [6.45, 7) is 5.21. The van der Waals surface area contributed by atoms with Crippen molar-refractivity contribution in [2.24, 2.45) is 0 Å². The second kappa shape index (κ2) is 7.02. The lowest BCUT2D eigenvalue weighted by Gasteiger charge is -2.17. The van der Waals surface area contributed by atoms with Gasteiger partial charge in [0.1, 0.15) is 5.78 Å². The molecular weight excluding hydrogens is 356 g/mol. The van der Waals surface area contributed by atoms with Gasteiger partial charge in [-0.1, -0.05) is 41.6 Å². The number of aromatic nitrogens is 2. The summed E-state index contributed by atoms with van der Waals surface area (Å²) in [4.78, 5) is 29.5. The van der Waals surface area contributed by atoms with Crippen LogP contribution in [0.5, 0.6) is 0 Å². The van der Waals surface area contributed by atoms with Crippen molar-refractivity contribution in [2.45, 2.75) is 31.2 Å². The highest BCUT2D eigenvalue weighted by Gasteiger charge is 2.19. The predicted molar refractivity (Wildman–Crippen MR) is 103 cm³/mol. The maximum absolute atomic E-state index is 13.1. The van der Waals surface area contributed by atoms with Crippen LogP contribution >= 0.6 is 23.4 Å². The van der Waals surface area contributed by atoms with Gasteiger partial charge in [-0.05, 0) is 50.6 Å².